The molecular weight excluding hydrogens is 329 g/mol. The zero-order valence-electron chi connectivity index (χ0n) is 13.4. The predicted octanol–water partition coefficient (Wildman–Crippen LogP) is 2.95. The molecule has 0 aromatic heterocycles. The summed E-state index contributed by atoms with van der Waals surface area (Å²) in [5, 5.41) is 7.10. The molecule has 5 nitrogen and oxygen atoms in total. The van der Waals surface area contributed by atoms with Gasteiger partial charge in [0.25, 0.3) is 0 Å². The fourth-order valence-corrected chi connectivity index (χ4v) is 3.06. The SMILES string of the molecule is C\N=C/N=C1\C(=C\N)C(Cc2cccc(Cl)c2)=NN1C1CC(F)C1. The van der Waals surface area contributed by atoms with Gasteiger partial charge in [-0.25, -0.2) is 14.4 Å². The Morgan fingerprint density at radius 1 is 1.46 bits per heavy atom. The lowest BCUT2D eigenvalue weighted by molar-refractivity contribution is 0.102. The fourth-order valence-electron chi connectivity index (χ4n) is 2.84. The van der Waals surface area contributed by atoms with Gasteiger partial charge in [0.05, 0.1) is 17.3 Å². The van der Waals surface area contributed by atoms with Crippen molar-refractivity contribution in [2.45, 2.75) is 31.5 Å². The monoisotopic (exact) mass is 347 g/mol. The Balaban J connectivity index is 1.90. The summed E-state index contributed by atoms with van der Waals surface area (Å²) in [6, 6.07) is 7.61. The van der Waals surface area contributed by atoms with E-state index < -0.39 is 6.17 Å². The van der Waals surface area contributed by atoms with Crippen LogP contribution in [0.3, 0.4) is 0 Å². The van der Waals surface area contributed by atoms with E-state index >= 15 is 0 Å². The molecule has 1 heterocycles. The van der Waals surface area contributed by atoms with E-state index in [4.69, 9.17) is 17.3 Å². The third-order valence-electron chi connectivity index (χ3n) is 4.12. The Morgan fingerprint density at radius 3 is 2.88 bits per heavy atom. The highest BCUT2D eigenvalue weighted by atomic mass is 35.5. The summed E-state index contributed by atoms with van der Waals surface area (Å²) >= 11 is 6.05. The van der Waals surface area contributed by atoms with Crippen LogP contribution in [-0.2, 0) is 6.42 Å². The van der Waals surface area contributed by atoms with Crippen molar-refractivity contribution in [3.63, 3.8) is 0 Å². The van der Waals surface area contributed by atoms with Gasteiger partial charge in [0.1, 0.15) is 12.5 Å². The van der Waals surface area contributed by atoms with Crippen LogP contribution in [0.4, 0.5) is 4.39 Å². The molecule has 0 bridgehead atoms. The van der Waals surface area contributed by atoms with Crippen LogP contribution in [0.5, 0.6) is 0 Å². The maximum absolute atomic E-state index is 13.3. The molecule has 0 saturated heterocycles. The Hall–Kier alpha value is -2.21. The lowest BCUT2D eigenvalue weighted by Crippen LogP contribution is -2.44. The van der Waals surface area contributed by atoms with E-state index in [1.807, 2.05) is 24.3 Å². The molecule has 1 aromatic rings. The number of rotatable bonds is 4. The fraction of sp³-hybridized carbons (Fsp3) is 0.353. The number of halogens is 2. The normalized spacial score (nSPS) is 27.1. The number of benzene rings is 1. The minimum atomic E-state index is -0.770. The number of alkyl halides is 1. The van der Waals surface area contributed by atoms with Crippen LogP contribution in [0, 0.1) is 0 Å². The van der Waals surface area contributed by atoms with Crippen LogP contribution >= 0.6 is 11.6 Å². The van der Waals surface area contributed by atoms with Gasteiger partial charge in [-0.15, -0.1) is 0 Å². The third-order valence-corrected chi connectivity index (χ3v) is 4.36. The van der Waals surface area contributed by atoms with Gasteiger partial charge in [0, 0.05) is 37.5 Å². The van der Waals surface area contributed by atoms with Crippen LogP contribution < -0.4 is 5.73 Å². The summed E-state index contributed by atoms with van der Waals surface area (Å²) in [7, 11) is 1.64. The topological polar surface area (TPSA) is 66.3 Å². The van der Waals surface area contributed by atoms with Gasteiger partial charge in [-0.2, -0.15) is 5.10 Å². The smallest absolute Gasteiger partial charge is 0.161 e. The highest BCUT2D eigenvalue weighted by Crippen LogP contribution is 2.33. The van der Waals surface area contributed by atoms with Crippen molar-refractivity contribution >= 4 is 29.5 Å². The van der Waals surface area contributed by atoms with Crippen molar-refractivity contribution in [3.05, 3.63) is 46.6 Å². The lowest BCUT2D eigenvalue weighted by Gasteiger charge is -2.35. The predicted molar refractivity (Wildman–Crippen MR) is 96.5 cm³/mol. The molecule has 7 heteroatoms. The molecule has 2 aliphatic rings. The second-order valence-electron chi connectivity index (χ2n) is 5.83. The largest absolute Gasteiger partial charge is 0.404 e. The Labute approximate surface area is 145 Å². The van der Waals surface area contributed by atoms with Crippen LogP contribution in [0.25, 0.3) is 0 Å². The van der Waals surface area contributed by atoms with E-state index in [9.17, 15) is 4.39 Å². The minimum Gasteiger partial charge on any atom is -0.404 e. The first-order valence-electron chi connectivity index (χ1n) is 7.78. The molecule has 1 aliphatic heterocycles. The average Bonchev–Trinajstić information content (AvgIpc) is 2.86. The van der Waals surface area contributed by atoms with Crippen LogP contribution in [0.15, 0.2) is 51.1 Å². The van der Waals surface area contributed by atoms with Crippen molar-refractivity contribution in [1.29, 1.82) is 0 Å². The molecule has 2 N–H and O–H groups in total. The molecule has 0 unspecified atom stereocenters. The third kappa shape index (κ3) is 3.33. The molecule has 1 aliphatic carbocycles. The molecule has 0 amide bonds. The molecule has 1 saturated carbocycles. The first-order valence-corrected chi connectivity index (χ1v) is 8.16. The van der Waals surface area contributed by atoms with E-state index in [1.54, 1.807) is 12.1 Å². The zero-order valence-corrected chi connectivity index (χ0v) is 14.1. The number of hydrazone groups is 1. The summed E-state index contributed by atoms with van der Waals surface area (Å²) in [6.07, 6.45) is 3.66. The molecule has 3 rings (SSSR count). The maximum Gasteiger partial charge on any atom is 0.161 e. The minimum absolute atomic E-state index is 0.0100. The van der Waals surface area contributed by atoms with Crippen molar-refractivity contribution in [3.8, 4) is 0 Å². The first-order chi connectivity index (χ1) is 11.6. The van der Waals surface area contributed by atoms with Gasteiger partial charge in [0.15, 0.2) is 5.84 Å². The van der Waals surface area contributed by atoms with Crippen LogP contribution in [0.2, 0.25) is 5.02 Å². The first kappa shape index (κ1) is 16.6. The molecule has 1 fully saturated rings. The quantitative estimate of drug-likeness (QED) is 0.672. The molecule has 1 aromatic carbocycles. The molecule has 0 radical (unpaired) electrons. The number of hydrogen-bond acceptors (Lipinski definition) is 3. The summed E-state index contributed by atoms with van der Waals surface area (Å²) < 4.78 is 13.3. The van der Waals surface area contributed by atoms with Gasteiger partial charge in [-0.05, 0) is 17.7 Å². The number of nitrogens with zero attached hydrogens (tertiary/aromatic N) is 4. The van der Waals surface area contributed by atoms with Crippen molar-refractivity contribution in [2.24, 2.45) is 20.8 Å². The summed E-state index contributed by atoms with van der Waals surface area (Å²) in [5.74, 6) is 0.622. The highest BCUT2D eigenvalue weighted by Gasteiger charge is 2.40. The van der Waals surface area contributed by atoms with Gasteiger partial charge in [-0.1, -0.05) is 23.7 Å². The van der Waals surface area contributed by atoms with E-state index in [0.717, 1.165) is 16.8 Å². The summed E-state index contributed by atoms with van der Waals surface area (Å²) in [5.41, 5.74) is 8.40. The van der Waals surface area contributed by atoms with E-state index in [-0.39, 0.29) is 6.04 Å². The van der Waals surface area contributed by atoms with Gasteiger partial charge >= 0.3 is 0 Å². The molecule has 126 valence electrons. The van der Waals surface area contributed by atoms with Gasteiger partial charge in [-0.3, -0.25) is 4.99 Å². The number of amidine groups is 1. The number of nitrogens with two attached hydrogens (primary N) is 1. The van der Waals surface area contributed by atoms with Crippen LogP contribution in [-0.4, -0.2) is 42.2 Å². The van der Waals surface area contributed by atoms with E-state index in [1.165, 1.54) is 12.5 Å². The second-order valence-corrected chi connectivity index (χ2v) is 6.26. The molecular formula is C17H19ClFN5. The Bertz CT molecular complexity index is 734. The summed E-state index contributed by atoms with van der Waals surface area (Å²) in [6.45, 7) is 0. The lowest BCUT2D eigenvalue weighted by atomic mass is 9.90. The zero-order chi connectivity index (χ0) is 17.1. The van der Waals surface area contributed by atoms with Gasteiger partial charge in [0.2, 0.25) is 0 Å². The van der Waals surface area contributed by atoms with Gasteiger partial charge < -0.3 is 5.73 Å². The Kier molecular flexibility index (Phi) is 4.94. The van der Waals surface area contributed by atoms with Crippen molar-refractivity contribution < 1.29 is 4.39 Å². The maximum atomic E-state index is 13.3. The highest BCUT2D eigenvalue weighted by molar-refractivity contribution is 6.31. The van der Waals surface area contributed by atoms with E-state index in [2.05, 4.69) is 15.1 Å². The standard InChI is InChI=1S/C17H19ClFN5/c1-21-10-22-17-15(9-20)16(6-11-3-2-4-12(18)5-11)23-24(17)14-7-13(19)8-14/h2-5,9-10,13-14H,6-8,20H2,1H3/b15-9+,21-10-,22-17+. The van der Waals surface area contributed by atoms with Crippen molar-refractivity contribution in [1.82, 2.24) is 5.01 Å². The second kappa shape index (κ2) is 7.13. The molecule has 0 atom stereocenters. The van der Waals surface area contributed by atoms with Crippen LogP contribution in [0.1, 0.15) is 18.4 Å². The summed E-state index contributed by atoms with van der Waals surface area (Å²) in [4.78, 5) is 8.24. The Morgan fingerprint density at radius 2 is 2.25 bits per heavy atom. The average molecular weight is 348 g/mol. The van der Waals surface area contributed by atoms with E-state index in [0.29, 0.717) is 30.1 Å². The molecule has 0 spiro atoms. The number of hydrogen-bond donors (Lipinski definition) is 1. The molecule has 24 heavy (non-hydrogen) atoms. The van der Waals surface area contributed by atoms with Crippen molar-refractivity contribution in [2.75, 3.05) is 7.05 Å². The number of aliphatic imine (C=N–C) groups is 2.